The lowest BCUT2D eigenvalue weighted by atomic mass is 9.87. The van der Waals surface area contributed by atoms with Gasteiger partial charge in [0.2, 0.25) is 5.91 Å². The number of rotatable bonds is 2. The van der Waals surface area contributed by atoms with Gasteiger partial charge in [-0.1, -0.05) is 25.7 Å². The molecule has 1 N–H and O–H groups in total. The predicted molar refractivity (Wildman–Crippen MR) is 64.0 cm³/mol. The Morgan fingerprint density at radius 2 is 1.75 bits per heavy atom. The molecular formula is C14H23NO. The lowest BCUT2D eigenvalue weighted by Gasteiger charge is -2.27. The second kappa shape index (κ2) is 4.38. The molecule has 0 aromatic carbocycles. The van der Waals surface area contributed by atoms with Crippen LogP contribution in [0.1, 0.15) is 57.8 Å². The van der Waals surface area contributed by atoms with Gasteiger partial charge in [-0.2, -0.15) is 0 Å². The molecule has 2 bridgehead atoms. The zero-order chi connectivity index (χ0) is 11.0. The molecule has 3 aliphatic carbocycles. The first-order valence-electron chi connectivity index (χ1n) is 7.13. The van der Waals surface area contributed by atoms with E-state index in [1.54, 1.807) is 0 Å². The first kappa shape index (κ1) is 10.6. The summed E-state index contributed by atoms with van der Waals surface area (Å²) in [5, 5.41) is 3.34. The number of hydrogen-bond donors (Lipinski definition) is 1. The van der Waals surface area contributed by atoms with Crippen LogP contribution >= 0.6 is 0 Å². The van der Waals surface area contributed by atoms with E-state index in [0.29, 0.717) is 17.9 Å². The van der Waals surface area contributed by atoms with Gasteiger partial charge in [0.15, 0.2) is 0 Å². The van der Waals surface area contributed by atoms with Gasteiger partial charge in [-0.25, -0.2) is 0 Å². The molecule has 3 atom stereocenters. The average molecular weight is 221 g/mol. The summed E-state index contributed by atoms with van der Waals surface area (Å²) < 4.78 is 0. The molecule has 2 nitrogen and oxygen atoms in total. The Labute approximate surface area is 98.2 Å². The standard InChI is InChI=1S/C14H23NO/c16-14(11-4-2-1-3-5-11)15-13-9-10-6-7-12(13)8-10/h10-13H,1-9H2,(H,15,16). The van der Waals surface area contributed by atoms with Crippen LogP contribution in [0.15, 0.2) is 0 Å². The fourth-order valence-electron chi connectivity index (χ4n) is 4.09. The molecule has 0 aromatic heterocycles. The SMILES string of the molecule is O=C(NC1CC2CCC1C2)C1CCCCC1. The zero-order valence-electron chi connectivity index (χ0n) is 10.1. The molecule has 90 valence electrons. The van der Waals surface area contributed by atoms with Crippen molar-refractivity contribution in [3.8, 4) is 0 Å². The number of amides is 1. The van der Waals surface area contributed by atoms with Gasteiger partial charge < -0.3 is 5.32 Å². The molecule has 3 saturated carbocycles. The van der Waals surface area contributed by atoms with Gasteiger partial charge in [-0.05, 0) is 43.9 Å². The van der Waals surface area contributed by atoms with Crippen LogP contribution < -0.4 is 5.32 Å². The summed E-state index contributed by atoms with van der Waals surface area (Å²) in [6.45, 7) is 0. The van der Waals surface area contributed by atoms with E-state index in [0.717, 1.165) is 24.7 Å². The van der Waals surface area contributed by atoms with Crippen LogP contribution in [0.2, 0.25) is 0 Å². The number of nitrogens with one attached hydrogen (secondary N) is 1. The third-order valence-electron chi connectivity index (χ3n) is 5.04. The molecule has 2 heteroatoms. The summed E-state index contributed by atoms with van der Waals surface area (Å²) >= 11 is 0. The summed E-state index contributed by atoms with van der Waals surface area (Å²) in [4.78, 5) is 12.1. The fraction of sp³-hybridized carbons (Fsp3) is 0.929. The molecule has 3 unspecified atom stereocenters. The van der Waals surface area contributed by atoms with Crippen molar-refractivity contribution in [2.45, 2.75) is 63.8 Å². The van der Waals surface area contributed by atoms with E-state index >= 15 is 0 Å². The van der Waals surface area contributed by atoms with Gasteiger partial charge in [0, 0.05) is 12.0 Å². The van der Waals surface area contributed by atoms with E-state index in [9.17, 15) is 4.79 Å². The van der Waals surface area contributed by atoms with Crippen LogP contribution in [0.3, 0.4) is 0 Å². The molecule has 16 heavy (non-hydrogen) atoms. The van der Waals surface area contributed by atoms with Crippen LogP contribution in [-0.4, -0.2) is 11.9 Å². The second-order valence-corrected chi connectivity index (χ2v) is 6.12. The van der Waals surface area contributed by atoms with Crippen molar-refractivity contribution in [1.29, 1.82) is 0 Å². The number of carbonyl (C=O) groups is 1. The average Bonchev–Trinajstić information content (AvgIpc) is 2.92. The van der Waals surface area contributed by atoms with Crippen molar-refractivity contribution in [3.05, 3.63) is 0 Å². The molecular weight excluding hydrogens is 198 g/mol. The first-order chi connectivity index (χ1) is 7.83. The summed E-state index contributed by atoms with van der Waals surface area (Å²) in [6.07, 6.45) is 11.5. The number of fused-ring (bicyclic) bond motifs is 2. The molecule has 1 amide bonds. The minimum Gasteiger partial charge on any atom is -0.353 e. The number of hydrogen-bond acceptors (Lipinski definition) is 1. The Balaban J connectivity index is 1.52. The van der Waals surface area contributed by atoms with Gasteiger partial charge >= 0.3 is 0 Å². The summed E-state index contributed by atoms with van der Waals surface area (Å²) in [5.74, 6) is 2.46. The topological polar surface area (TPSA) is 29.1 Å². The van der Waals surface area contributed by atoms with Gasteiger partial charge in [0.05, 0.1) is 0 Å². The highest BCUT2D eigenvalue weighted by atomic mass is 16.1. The molecule has 3 aliphatic rings. The van der Waals surface area contributed by atoms with Crippen molar-refractivity contribution >= 4 is 5.91 Å². The van der Waals surface area contributed by atoms with Crippen molar-refractivity contribution in [2.24, 2.45) is 17.8 Å². The molecule has 0 saturated heterocycles. The van der Waals surface area contributed by atoms with E-state index in [2.05, 4.69) is 5.32 Å². The summed E-state index contributed by atoms with van der Waals surface area (Å²) in [7, 11) is 0. The molecule has 3 rings (SSSR count). The maximum Gasteiger partial charge on any atom is 0.223 e. The van der Waals surface area contributed by atoms with Crippen molar-refractivity contribution in [1.82, 2.24) is 5.32 Å². The smallest absolute Gasteiger partial charge is 0.223 e. The van der Waals surface area contributed by atoms with Crippen LogP contribution in [-0.2, 0) is 4.79 Å². The molecule has 0 heterocycles. The Morgan fingerprint density at radius 3 is 2.38 bits per heavy atom. The van der Waals surface area contributed by atoms with Crippen molar-refractivity contribution in [2.75, 3.05) is 0 Å². The van der Waals surface area contributed by atoms with Gasteiger partial charge in [-0.3, -0.25) is 4.79 Å². The minimum atomic E-state index is 0.341. The van der Waals surface area contributed by atoms with Gasteiger partial charge in [0.1, 0.15) is 0 Å². The van der Waals surface area contributed by atoms with Crippen LogP contribution in [0, 0.1) is 17.8 Å². The zero-order valence-corrected chi connectivity index (χ0v) is 10.1. The highest BCUT2D eigenvalue weighted by Crippen LogP contribution is 2.44. The monoisotopic (exact) mass is 221 g/mol. The second-order valence-electron chi connectivity index (χ2n) is 6.12. The van der Waals surface area contributed by atoms with Crippen LogP contribution in [0.25, 0.3) is 0 Å². The lowest BCUT2D eigenvalue weighted by Crippen LogP contribution is -2.42. The van der Waals surface area contributed by atoms with E-state index < -0.39 is 0 Å². The summed E-state index contributed by atoms with van der Waals surface area (Å²) in [5.41, 5.74) is 0. The predicted octanol–water partition coefficient (Wildman–Crippen LogP) is 2.87. The lowest BCUT2D eigenvalue weighted by molar-refractivity contribution is -0.127. The highest BCUT2D eigenvalue weighted by Gasteiger charge is 2.40. The Hall–Kier alpha value is -0.530. The minimum absolute atomic E-state index is 0.341. The fourth-order valence-corrected chi connectivity index (χ4v) is 4.09. The Kier molecular flexibility index (Phi) is 2.91. The first-order valence-corrected chi connectivity index (χ1v) is 7.13. The molecule has 0 aliphatic heterocycles. The molecule has 3 fully saturated rings. The largest absolute Gasteiger partial charge is 0.353 e. The van der Waals surface area contributed by atoms with E-state index in [1.165, 1.54) is 44.9 Å². The van der Waals surface area contributed by atoms with Crippen molar-refractivity contribution in [3.63, 3.8) is 0 Å². The van der Waals surface area contributed by atoms with Crippen molar-refractivity contribution < 1.29 is 4.79 Å². The Bertz CT molecular complexity index is 270. The molecule has 0 radical (unpaired) electrons. The maximum atomic E-state index is 12.1. The molecule has 0 aromatic rings. The Morgan fingerprint density at radius 1 is 0.938 bits per heavy atom. The van der Waals surface area contributed by atoms with Gasteiger partial charge in [-0.15, -0.1) is 0 Å². The highest BCUT2D eigenvalue weighted by molar-refractivity contribution is 5.79. The van der Waals surface area contributed by atoms with Gasteiger partial charge in [0.25, 0.3) is 0 Å². The molecule has 0 spiro atoms. The quantitative estimate of drug-likeness (QED) is 0.763. The third kappa shape index (κ3) is 1.99. The maximum absolute atomic E-state index is 12.1. The van der Waals surface area contributed by atoms with Crippen LogP contribution in [0.4, 0.5) is 0 Å². The normalized spacial score (nSPS) is 38.9. The van der Waals surface area contributed by atoms with E-state index in [1.807, 2.05) is 0 Å². The number of carbonyl (C=O) groups excluding carboxylic acids is 1. The third-order valence-corrected chi connectivity index (χ3v) is 5.04. The van der Waals surface area contributed by atoms with E-state index in [-0.39, 0.29) is 0 Å². The van der Waals surface area contributed by atoms with Crippen LogP contribution in [0.5, 0.6) is 0 Å². The summed E-state index contributed by atoms with van der Waals surface area (Å²) in [6, 6.07) is 0.535. The van der Waals surface area contributed by atoms with E-state index in [4.69, 9.17) is 0 Å².